The largest absolute Gasteiger partial charge is 0.481 e. The third kappa shape index (κ3) is 5.07. The Morgan fingerprint density at radius 1 is 1.37 bits per heavy atom. The average molecular weight is 264 g/mol. The summed E-state index contributed by atoms with van der Waals surface area (Å²) in [6.45, 7) is 4.27. The van der Waals surface area contributed by atoms with E-state index in [9.17, 15) is 9.59 Å². The summed E-state index contributed by atoms with van der Waals surface area (Å²) < 4.78 is 0. The Labute approximate surface area is 113 Å². The van der Waals surface area contributed by atoms with Crippen LogP contribution in [0, 0.1) is 5.92 Å². The highest BCUT2D eigenvalue weighted by Gasteiger charge is 2.18. The fourth-order valence-corrected chi connectivity index (χ4v) is 1.77. The lowest BCUT2D eigenvalue weighted by molar-refractivity contribution is -0.143. The molecule has 0 aliphatic carbocycles. The maximum absolute atomic E-state index is 12.0. The van der Waals surface area contributed by atoms with Crippen LogP contribution in [0.4, 0.5) is 0 Å². The number of rotatable bonds is 7. The Morgan fingerprint density at radius 3 is 2.53 bits per heavy atom. The van der Waals surface area contributed by atoms with Gasteiger partial charge in [-0.25, -0.2) is 0 Å². The molecule has 1 unspecified atom stereocenters. The predicted octanol–water partition coefficient (Wildman–Crippen LogP) is 1.58. The highest BCUT2D eigenvalue weighted by atomic mass is 16.4. The molecular formula is C14H20N2O3. The number of hydrogen-bond acceptors (Lipinski definition) is 3. The van der Waals surface area contributed by atoms with Gasteiger partial charge in [0.1, 0.15) is 0 Å². The van der Waals surface area contributed by atoms with Crippen molar-refractivity contribution in [2.45, 2.75) is 26.7 Å². The lowest BCUT2D eigenvalue weighted by Crippen LogP contribution is -2.36. The number of aryl methyl sites for hydroxylation is 1. The number of nitrogens with zero attached hydrogens (tertiary/aromatic N) is 2. The number of pyridine rings is 1. The Hall–Kier alpha value is -1.91. The first-order valence-corrected chi connectivity index (χ1v) is 6.44. The number of aromatic nitrogens is 1. The molecule has 0 radical (unpaired) electrons. The molecule has 1 aromatic rings. The Morgan fingerprint density at radius 2 is 2.00 bits per heavy atom. The van der Waals surface area contributed by atoms with Gasteiger partial charge in [-0.15, -0.1) is 0 Å². The van der Waals surface area contributed by atoms with Crippen molar-refractivity contribution in [3.63, 3.8) is 0 Å². The van der Waals surface area contributed by atoms with Crippen molar-refractivity contribution in [2.75, 3.05) is 13.1 Å². The number of carboxylic acids is 1. The number of carbonyl (C=O) groups is 2. The van der Waals surface area contributed by atoms with Crippen LogP contribution in [-0.2, 0) is 16.0 Å². The maximum Gasteiger partial charge on any atom is 0.308 e. The molecule has 1 heterocycles. The van der Waals surface area contributed by atoms with Crippen molar-refractivity contribution >= 4 is 11.9 Å². The van der Waals surface area contributed by atoms with Crippen LogP contribution in [0.15, 0.2) is 24.5 Å². The Balaban J connectivity index is 2.48. The molecule has 0 aromatic carbocycles. The lowest BCUT2D eigenvalue weighted by Gasteiger charge is -2.22. The van der Waals surface area contributed by atoms with Gasteiger partial charge in [0, 0.05) is 31.9 Å². The normalized spacial score (nSPS) is 11.9. The molecule has 1 rings (SSSR count). The zero-order chi connectivity index (χ0) is 14.3. The summed E-state index contributed by atoms with van der Waals surface area (Å²) in [4.78, 5) is 28.3. The van der Waals surface area contributed by atoms with E-state index < -0.39 is 11.9 Å². The SMILES string of the molecule is CCN(CC(C)C(=O)O)C(=O)CCc1ccncc1. The molecule has 0 saturated carbocycles. The summed E-state index contributed by atoms with van der Waals surface area (Å²) >= 11 is 0. The quantitative estimate of drug-likeness (QED) is 0.811. The number of hydrogen-bond donors (Lipinski definition) is 1. The topological polar surface area (TPSA) is 70.5 Å². The van der Waals surface area contributed by atoms with Crippen molar-refractivity contribution in [1.29, 1.82) is 0 Å². The maximum atomic E-state index is 12.0. The first-order valence-electron chi connectivity index (χ1n) is 6.44. The molecule has 5 heteroatoms. The molecule has 1 N–H and O–H groups in total. The predicted molar refractivity (Wildman–Crippen MR) is 71.6 cm³/mol. The smallest absolute Gasteiger partial charge is 0.308 e. The van der Waals surface area contributed by atoms with Gasteiger partial charge in [0.2, 0.25) is 5.91 Å². The molecule has 0 bridgehead atoms. The van der Waals surface area contributed by atoms with E-state index >= 15 is 0 Å². The lowest BCUT2D eigenvalue weighted by atomic mass is 10.1. The summed E-state index contributed by atoms with van der Waals surface area (Å²) in [5, 5.41) is 8.87. The summed E-state index contributed by atoms with van der Waals surface area (Å²) in [5.74, 6) is -1.42. The first-order chi connectivity index (χ1) is 9.04. The van der Waals surface area contributed by atoms with E-state index in [4.69, 9.17) is 5.11 Å². The second kappa shape index (κ2) is 7.51. The molecule has 0 aliphatic heterocycles. The van der Waals surface area contributed by atoms with Crippen molar-refractivity contribution in [1.82, 2.24) is 9.88 Å². The fourth-order valence-electron chi connectivity index (χ4n) is 1.77. The Kier molecular flexibility index (Phi) is 5.99. The van der Waals surface area contributed by atoms with E-state index in [2.05, 4.69) is 4.98 Å². The van der Waals surface area contributed by atoms with Crippen LogP contribution >= 0.6 is 0 Å². The molecule has 5 nitrogen and oxygen atoms in total. The van der Waals surface area contributed by atoms with Gasteiger partial charge in [-0.3, -0.25) is 14.6 Å². The molecule has 1 amide bonds. The van der Waals surface area contributed by atoms with Gasteiger partial charge in [0.15, 0.2) is 0 Å². The highest BCUT2D eigenvalue weighted by molar-refractivity contribution is 5.77. The summed E-state index contributed by atoms with van der Waals surface area (Å²) in [6.07, 6.45) is 4.44. The van der Waals surface area contributed by atoms with Gasteiger partial charge < -0.3 is 10.0 Å². The second-order valence-corrected chi connectivity index (χ2v) is 4.53. The van der Waals surface area contributed by atoms with Crippen molar-refractivity contribution in [3.8, 4) is 0 Å². The van der Waals surface area contributed by atoms with Crippen LogP contribution in [0.25, 0.3) is 0 Å². The van der Waals surface area contributed by atoms with Gasteiger partial charge in [0.05, 0.1) is 5.92 Å². The molecule has 0 aliphatic rings. The molecule has 104 valence electrons. The Bertz CT molecular complexity index is 420. The van der Waals surface area contributed by atoms with E-state index in [1.165, 1.54) is 0 Å². The van der Waals surface area contributed by atoms with Gasteiger partial charge in [-0.2, -0.15) is 0 Å². The minimum absolute atomic E-state index is 0.00703. The number of amides is 1. The number of aliphatic carboxylic acids is 1. The fraction of sp³-hybridized carbons (Fsp3) is 0.500. The molecule has 1 aromatic heterocycles. The zero-order valence-corrected chi connectivity index (χ0v) is 11.4. The van der Waals surface area contributed by atoms with Gasteiger partial charge in [-0.1, -0.05) is 6.92 Å². The minimum atomic E-state index is -0.875. The van der Waals surface area contributed by atoms with E-state index in [-0.39, 0.29) is 12.5 Å². The van der Waals surface area contributed by atoms with E-state index in [1.807, 2.05) is 19.1 Å². The van der Waals surface area contributed by atoms with Gasteiger partial charge in [-0.05, 0) is 31.0 Å². The van der Waals surface area contributed by atoms with E-state index in [0.717, 1.165) is 5.56 Å². The summed E-state index contributed by atoms with van der Waals surface area (Å²) in [5.41, 5.74) is 1.06. The van der Waals surface area contributed by atoms with Crippen LogP contribution in [0.2, 0.25) is 0 Å². The van der Waals surface area contributed by atoms with Crippen LogP contribution in [0.5, 0.6) is 0 Å². The molecule has 0 spiro atoms. The van der Waals surface area contributed by atoms with Crippen molar-refractivity contribution in [3.05, 3.63) is 30.1 Å². The van der Waals surface area contributed by atoms with Crippen LogP contribution < -0.4 is 0 Å². The van der Waals surface area contributed by atoms with Crippen molar-refractivity contribution < 1.29 is 14.7 Å². The molecule has 0 saturated heterocycles. The van der Waals surface area contributed by atoms with E-state index in [0.29, 0.717) is 19.4 Å². The third-order valence-electron chi connectivity index (χ3n) is 3.03. The first kappa shape index (κ1) is 15.1. The van der Waals surface area contributed by atoms with Crippen LogP contribution in [-0.4, -0.2) is 40.0 Å². The third-order valence-corrected chi connectivity index (χ3v) is 3.03. The zero-order valence-electron chi connectivity index (χ0n) is 11.4. The molecule has 1 atom stereocenters. The molecular weight excluding hydrogens is 244 g/mol. The van der Waals surface area contributed by atoms with Crippen LogP contribution in [0.3, 0.4) is 0 Å². The van der Waals surface area contributed by atoms with E-state index in [1.54, 1.807) is 24.2 Å². The van der Waals surface area contributed by atoms with Crippen molar-refractivity contribution in [2.24, 2.45) is 5.92 Å². The van der Waals surface area contributed by atoms with Gasteiger partial charge >= 0.3 is 5.97 Å². The standard InChI is InChI=1S/C14H20N2O3/c1-3-16(10-11(2)14(18)19)13(17)5-4-12-6-8-15-9-7-12/h6-9,11H,3-5,10H2,1-2H3,(H,18,19). The van der Waals surface area contributed by atoms with Gasteiger partial charge in [0.25, 0.3) is 0 Å². The molecule has 19 heavy (non-hydrogen) atoms. The number of carbonyl (C=O) groups excluding carboxylic acids is 1. The summed E-state index contributed by atoms with van der Waals surface area (Å²) in [6, 6.07) is 3.76. The summed E-state index contributed by atoms with van der Waals surface area (Å²) in [7, 11) is 0. The highest BCUT2D eigenvalue weighted by Crippen LogP contribution is 2.06. The minimum Gasteiger partial charge on any atom is -0.481 e. The average Bonchev–Trinajstić information content (AvgIpc) is 2.42. The molecule has 0 fully saturated rings. The number of carboxylic acid groups (broad SMARTS) is 1. The van der Waals surface area contributed by atoms with Crippen LogP contribution in [0.1, 0.15) is 25.8 Å². The second-order valence-electron chi connectivity index (χ2n) is 4.53. The monoisotopic (exact) mass is 264 g/mol.